The molecule has 0 heterocycles. The van der Waals surface area contributed by atoms with Gasteiger partial charge < -0.3 is 15.2 Å². The van der Waals surface area contributed by atoms with Crippen molar-refractivity contribution in [3.8, 4) is 5.75 Å². The first-order chi connectivity index (χ1) is 7.27. The maximum atomic E-state index is 5.58. The van der Waals surface area contributed by atoms with Gasteiger partial charge in [-0.1, -0.05) is 6.07 Å². The maximum Gasteiger partial charge on any atom is 0.119 e. The number of hydrogen-bond donors (Lipinski definition) is 1. The van der Waals surface area contributed by atoms with Crippen LogP contribution < -0.4 is 10.5 Å². The van der Waals surface area contributed by atoms with Crippen LogP contribution in [0.3, 0.4) is 0 Å². The summed E-state index contributed by atoms with van der Waals surface area (Å²) in [6.07, 6.45) is 0.911. The zero-order valence-electron chi connectivity index (χ0n) is 9.45. The molecule has 0 aliphatic heterocycles. The van der Waals surface area contributed by atoms with Gasteiger partial charge in [-0.25, -0.2) is 0 Å². The van der Waals surface area contributed by atoms with Crippen LogP contribution in [0.4, 0.5) is 0 Å². The Balaban J connectivity index is 2.45. The Morgan fingerprint density at radius 2 is 2.07 bits per heavy atom. The summed E-state index contributed by atoms with van der Waals surface area (Å²) in [6.45, 7) is 4.05. The molecule has 0 aliphatic rings. The molecule has 0 aromatic heterocycles. The molecule has 3 heteroatoms. The summed E-state index contributed by atoms with van der Waals surface area (Å²) in [6, 6.07) is 6.00. The maximum absolute atomic E-state index is 5.58. The smallest absolute Gasteiger partial charge is 0.119 e. The molecule has 0 saturated carbocycles. The van der Waals surface area contributed by atoms with E-state index in [9.17, 15) is 0 Å². The number of methoxy groups -OCH3 is 1. The summed E-state index contributed by atoms with van der Waals surface area (Å²) in [7, 11) is 1.69. The second-order valence-electron chi connectivity index (χ2n) is 3.49. The molecule has 84 valence electrons. The van der Waals surface area contributed by atoms with Crippen LogP contribution in [0.15, 0.2) is 18.2 Å². The SMILES string of the molecule is COCCCOc1ccc(CN)c(C)c1. The molecule has 0 bridgehead atoms. The summed E-state index contributed by atoms with van der Waals surface area (Å²) in [5, 5.41) is 0. The average molecular weight is 209 g/mol. The molecule has 3 nitrogen and oxygen atoms in total. The van der Waals surface area contributed by atoms with E-state index in [1.54, 1.807) is 7.11 Å². The van der Waals surface area contributed by atoms with E-state index in [1.807, 2.05) is 25.1 Å². The lowest BCUT2D eigenvalue weighted by Crippen LogP contribution is -2.03. The molecule has 1 rings (SSSR count). The van der Waals surface area contributed by atoms with Gasteiger partial charge in [-0.05, 0) is 30.2 Å². The minimum Gasteiger partial charge on any atom is -0.493 e. The van der Waals surface area contributed by atoms with Crippen molar-refractivity contribution >= 4 is 0 Å². The first-order valence-corrected chi connectivity index (χ1v) is 5.19. The lowest BCUT2D eigenvalue weighted by Gasteiger charge is -2.08. The highest BCUT2D eigenvalue weighted by Crippen LogP contribution is 2.16. The standard InChI is InChI=1S/C12H19NO2/c1-10-8-12(5-4-11(10)9-13)15-7-3-6-14-2/h4-5,8H,3,6-7,9,13H2,1-2H3. The van der Waals surface area contributed by atoms with Crippen LogP contribution in [-0.4, -0.2) is 20.3 Å². The van der Waals surface area contributed by atoms with E-state index in [2.05, 4.69) is 0 Å². The molecule has 0 aliphatic carbocycles. The van der Waals surface area contributed by atoms with Crippen LogP contribution in [0.5, 0.6) is 5.75 Å². The van der Waals surface area contributed by atoms with Crippen molar-refractivity contribution in [3.63, 3.8) is 0 Å². The molecule has 0 amide bonds. The summed E-state index contributed by atoms with van der Waals surface area (Å²) >= 11 is 0. The molecular formula is C12H19NO2. The highest BCUT2D eigenvalue weighted by atomic mass is 16.5. The molecular weight excluding hydrogens is 190 g/mol. The molecule has 1 aromatic rings. The number of rotatable bonds is 6. The van der Waals surface area contributed by atoms with Crippen LogP contribution >= 0.6 is 0 Å². The van der Waals surface area contributed by atoms with Crippen molar-refractivity contribution in [2.24, 2.45) is 5.73 Å². The van der Waals surface area contributed by atoms with Crippen molar-refractivity contribution in [2.75, 3.05) is 20.3 Å². The van der Waals surface area contributed by atoms with E-state index >= 15 is 0 Å². The molecule has 0 atom stereocenters. The van der Waals surface area contributed by atoms with E-state index in [4.69, 9.17) is 15.2 Å². The summed E-state index contributed by atoms with van der Waals surface area (Å²) in [4.78, 5) is 0. The largest absolute Gasteiger partial charge is 0.493 e. The van der Waals surface area contributed by atoms with Crippen LogP contribution in [0, 0.1) is 6.92 Å². The number of hydrogen-bond acceptors (Lipinski definition) is 3. The first kappa shape index (κ1) is 12.0. The lowest BCUT2D eigenvalue weighted by molar-refractivity contribution is 0.172. The molecule has 15 heavy (non-hydrogen) atoms. The van der Waals surface area contributed by atoms with Gasteiger partial charge in [0.2, 0.25) is 0 Å². The van der Waals surface area contributed by atoms with E-state index in [1.165, 1.54) is 11.1 Å². The molecule has 0 fully saturated rings. The van der Waals surface area contributed by atoms with Crippen LogP contribution in [0.2, 0.25) is 0 Å². The zero-order valence-corrected chi connectivity index (χ0v) is 9.45. The Labute approximate surface area is 91.2 Å². The van der Waals surface area contributed by atoms with Gasteiger partial charge >= 0.3 is 0 Å². The molecule has 0 saturated heterocycles. The second-order valence-corrected chi connectivity index (χ2v) is 3.49. The third-order valence-electron chi connectivity index (χ3n) is 2.30. The van der Waals surface area contributed by atoms with Crippen LogP contribution in [0.1, 0.15) is 17.5 Å². The van der Waals surface area contributed by atoms with Gasteiger partial charge in [0.15, 0.2) is 0 Å². The molecule has 0 radical (unpaired) electrons. The number of aryl methyl sites for hydroxylation is 1. The number of benzene rings is 1. The molecule has 1 aromatic carbocycles. The van der Waals surface area contributed by atoms with Crippen molar-refractivity contribution in [1.29, 1.82) is 0 Å². The minimum absolute atomic E-state index is 0.579. The first-order valence-electron chi connectivity index (χ1n) is 5.19. The topological polar surface area (TPSA) is 44.5 Å². The van der Waals surface area contributed by atoms with Gasteiger partial charge in [-0.2, -0.15) is 0 Å². The van der Waals surface area contributed by atoms with Crippen LogP contribution in [-0.2, 0) is 11.3 Å². The van der Waals surface area contributed by atoms with E-state index in [-0.39, 0.29) is 0 Å². The highest BCUT2D eigenvalue weighted by molar-refractivity contribution is 5.34. The minimum atomic E-state index is 0.579. The fraction of sp³-hybridized carbons (Fsp3) is 0.500. The van der Waals surface area contributed by atoms with E-state index in [0.717, 1.165) is 18.8 Å². The Kier molecular flexibility index (Phi) is 5.15. The normalized spacial score (nSPS) is 10.3. The highest BCUT2D eigenvalue weighted by Gasteiger charge is 1.99. The second kappa shape index (κ2) is 6.43. The summed E-state index contributed by atoms with van der Waals surface area (Å²) in [5.74, 6) is 0.904. The molecule has 0 spiro atoms. The van der Waals surface area contributed by atoms with E-state index < -0.39 is 0 Å². The zero-order chi connectivity index (χ0) is 11.1. The van der Waals surface area contributed by atoms with Crippen molar-refractivity contribution in [3.05, 3.63) is 29.3 Å². The van der Waals surface area contributed by atoms with Crippen molar-refractivity contribution < 1.29 is 9.47 Å². The quantitative estimate of drug-likeness (QED) is 0.727. The Hall–Kier alpha value is -1.06. The van der Waals surface area contributed by atoms with Crippen molar-refractivity contribution in [2.45, 2.75) is 19.9 Å². The third kappa shape index (κ3) is 3.90. The van der Waals surface area contributed by atoms with Crippen molar-refractivity contribution in [1.82, 2.24) is 0 Å². The molecule has 2 N–H and O–H groups in total. The third-order valence-corrected chi connectivity index (χ3v) is 2.30. The van der Waals surface area contributed by atoms with Crippen LogP contribution in [0.25, 0.3) is 0 Å². The number of nitrogens with two attached hydrogens (primary N) is 1. The van der Waals surface area contributed by atoms with Gasteiger partial charge in [0.1, 0.15) is 5.75 Å². The summed E-state index contributed by atoms with van der Waals surface area (Å²) in [5.41, 5.74) is 7.93. The van der Waals surface area contributed by atoms with Gasteiger partial charge in [0.25, 0.3) is 0 Å². The predicted molar refractivity (Wildman–Crippen MR) is 61.1 cm³/mol. The van der Waals surface area contributed by atoms with E-state index in [0.29, 0.717) is 13.2 Å². The van der Waals surface area contributed by atoms with Gasteiger partial charge in [-0.3, -0.25) is 0 Å². The number of ether oxygens (including phenoxy) is 2. The fourth-order valence-corrected chi connectivity index (χ4v) is 1.38. The average Bonchev–Trinajstić information content (AvgIpc) is 2.25. The Morgan fingerprint density at radius 3 is 2.67 bits per heavy atom. The monoisotopic (exact) mass is 209 g/mol. The van der Waals surface area contributed by atoms with Gasteiger partial charge in [-0.15, -0.1) is 0 Å². The molecule has 0 unspecified atom stereocenters. The summed E-state index contributed by atoms with van der Waals surface area (Å²) < 4.78 is 10.5. The lowest BCUT2D eigenvalue weighted by atomic mass is 10.1. The predicted octanol–water partition coefficient (Wildman–Crippen LogP) is 1.87. The Bertz CT molecular complexity index is 300. The fourth-order valence-electron chi connectivity index (χ4n) is 1.38. The van der Waals surface area contributed by atoms with Gasteiger partial charge in [0, 0.05) is 26.7 Å². The van der Waals surface area contributed by atoms with Gasteiger partial charge in [0.05, 0.1) is 6.61 Å². The Morgan fingerprint density at radius 1 is 1.27 bits per heavy atom.